The third-order valence-electron chi connectivity index (χ3n) is 3.43. The van der Waals surface area contributed by atoms with E-state index in [9.17, 15) is 4.79 Å². The van der Waals surface area contributed by atoms with Gasteiger partial charge < -0.3 is 5.73 Å². The quantitative estimate of drug-likeness (QED) is 0.759. The lowest BCUT2D eigenvalue weighted by atomic mass is 10.1. The molecule has 0 atom stereocenters. The summed E-state index contributed by atoms with van der Waals surface area (Å²) in [5, 5.41) is 11.9. The van der Waals surface area contributed by atoms with Crippen LogP contribution in [0.25, 0.3) is 22.1 Å². The lowest BCUT2D eigenvalue weighted by Crippen LogP contribution is -2.24. The van der Waals surface area contributed by atoms with Gasteiger partial charge in [-0.15, -0.1) is 11.3 Å². The van der Waals surface area contributed by atoms with Gasteiger partial charge in [0, 0.05) is 4.88 Å². The van der Waals surface area contributed by atoms with Crippen molar-refractivity contribution < 1.29 is 4.79 Å². The number of aromatic amines is 1. The van der Waals surface area contributed by atoms with Crippen LogP contribution in [-0.2, 0) is 16.8 Å². The third-order valence-corrected chi connectivity index (χ3v) is 4.47. The summed E-state index contributed by atoms with van der Waals surface area (Å²) in [6.45, 7) is 8.14. The Bertz CT molecular complexity index is 883. The van der Waals surface area contributed by atoms with Crippen molar-refractivity contribution in [1.29, 1.82) is 0 Å². The minimum atomic E-state index is -0.454. The fraction of sp³-hybridized carbons (Fsp3) is 0.375. The molecule has 24 heavy (non-hydrogen) atoms. The summed E-state index contributed by atoms with van der Waals surface area (Å²) >= 11 is 1.70. The van der Waals surface area contributed by atoms with Crippen LogP contribution in [0.5, 0.6) is 0 Å². The Hall–Kier alpha value is -2.48. The number of aromatic nitrogens is 5. The molecule has 0 unspecified atom stereocenters. The van der Waals surface area contributed by atoms with Gasteiger partial charge in [-0.1, -0.05) is 0 Å². The highest BCUT2D eigenvalue weighted by molar-refractivity contribution is 7.15. The summed E-state index contributed by atoms with van der Waals surface area (Å²) in [6, 6.07) is 6.08. The van der Waals surface area contributed by atoms with Crippen LogP contribution >= 0.6 is 11.3 Å². The van der Waals surface area contributed by atoms with Gasteiger partial charge in [-0.2, -0.15) is 10.2 Å². The van der Waals surface area contributed by atoms with Crippen molar-refractivity contribution in [2.24, 2.45) is 5.73 Å². The summed E-state index contributed by atoms with van der Waals surface area (Å²) < 4.78 is 1.78. The number of nitrogens with zero attached hydrogens (tertiary/aromatic N) is 4. The summed E-state index contributed by atoms with van der Waals surface area (Å²) in [4.78, 5) is 18.0. The van der Waals surface area contributed by atoms with Crippen LogP contribution < -0.4 is 5.73 Å². The molecular weight excluding hydrogens is 324 g/mol. The van der Waals surface area contributed by atoms with E-state index in [1.807, 2.05) is 26.8 Å². The maximum Gasteiger partial charge on any atom is 0.225 e. The zero-order valence-electron chi connectivity index (χ0n) is 14.1. The van der Waals surface area contributed by atoms with Gasteiger partial charge in [0.25, 0.3) is 0 Å². The van der Waals surface area contributed by atoms with E-state index in [1.165, 1.54) is 4.88 Å². The molecule has 8 heteroatoms. The van der Waals surface area contributed by atoms with E-state index < -0.39 is 5.91 Å². The van der Waals surface area contributed by atoms with Gasteiger partial charge in [-0.3, -0.25) is 9.89 Å². The third kappa shape index (κ3) is 3.23. The molecule has 3 aromatic heterocycles. The summed E-state index contributed by atoms with van der Waals surface area (Å²) in [7, 11) is 0. The number of aryl methyl sites for hydroxylation is 1. The molecule has 0 bridgehead atoms. The van der Waals surface area contributed by atoms with E-state index in [4.69, 9.17) is 5.73 Å². The van der Waals surface area contributed by atoms with E-state index >= 15 is 0 Å². The second kappa shape index (κ2) is 5.86. The molecule has 0 aromatic carbocycles. The average molecular weight is 344 g/mol. The number of hydrogen-bond acceptors (Lipinski definition) is 5. The van der Waals surface area contributed by atoms with Crippen LogP contribution in [0, 0.1) is 6.92 Å². The number of thiophene rings is 1. The number of rotatable bonds is 4. The number of carbonyl (C=O) groups is 1. The summed E-state index contributed by atoms with van der Waals surface area (Å²) in [5.74, 6) is 0.572. The molecule has 126 valence electrons. The van der Waals surface area contributed by atoms with Crippen molar-refractivity contribution >= 4 is 17.2 Å². The Morgan fingerprint density at radius 2 is 2.12 bits per heavy atom. The Morgan fingerprint density at radius 1 is 1.38 bits per heavy atom. The zero-order valence-corrected chi connectivity index (χ0v) is 14.9. The predicted molar refractivity (Wildman–Crippen MR) is 93.5 cm³/mol. The number of amides is 1. The van der Waals surface area contributed by atoms with Gasteiger partial charge in [0.2, 0.25) is 5.91 Å². The first-order valence-electron chi connectivity index (χ1n) is 7.61. The second-order valence-electron chi connectivity index (χ2n) is 6.65. The molecule has 3 N–H and O–H groups in total. The molecule has 0 saturated carbocycles. The van der Waals surface area contributed by atoms with Gasteiger partial charge >= 0.3 is 0 Å². The maximum atomic E-state index is 11.2. The van der Waals surface area contributed by atoms with Crippen molar-refractivity contribution in [3.63, 3.8) is 0 Å². The molecule has 0 fully saturated rings. The standard InChI is InChI=1S/C16H20N6OS/c1-9-5-6-12(24-9)10-7-11(20-19-10)15-18-14(8-13(17)23)21-22(15)16(2,3)4/h5-7H,8H2,1-4H3,(H2,17,23)(H,19,20). The minimum absolute atomic E-state index is 0.0114. The van der Waals surface area contributed by atoms with Crippen molar-refractivity contribution in [3.05, 3.63) is 28.9 Å². The van der Waals surface area contributed by atoms with Crippen molar-refractivity contribution in [3.8, 4) is 22.1 Å². The Kier molecular flexibility index (Phi) is 4.00. The lowest BCUT2D eigenvalue weighted by Gasteiger charge is -2.20. The molecule has 0 aliphatic carbocycles. The first-order valence-corrected chi connectivity index (χ1v) is 8.43. The van der Waals surface area contributed by atoms with Gasteiger partial charge in [0.1, 0.15) is 5.69 Å². The summed E-state index contributed by atoms with van der Waals surface area (Å²) in [6.07, 6.45) is 0.0114. The maximum absolute atomic E-state index is 11.2. The van der Waals surface area contributed by atoms with E-state index in [1.54, 1.807) is 16.0 Å². The van der Waals surface area contributed by atoms with Gasteiger partial charge in [0.15, 0.2) is 11.6 Å². The van der Waals surface area contributed by atoms with Crippen LogP contribution in [0.1, 0.15) is 31.5 Å². The Morgan fingerprint density at radius 3 is 2.71 bits per heavy atom. The highest BCUT2D eigenvalue weighted by atomic mass is 32.1. The molecule has 3 rings (SSSR count). The van der Waals surface area contributed by atoms with Gasteiger partial charge in [-0.05, 0) is 45.9 Å². The van der Waals surface area contributed by atoms with Crippen LogP contribution in [0.3, 0.4) is 0 Å². The molecule has 7 nitrogen and oxygen atoms in total. The van der Waals surface area contributed by atoms with Gasteiger partial charge in [0.05, 0.1) is 22.5 Å². The normalized spacial score (nSPS) is 11.8. The first-order chi connectivity index (χ1) is 11.2. The molecule has 0 saturated heterocycles. The molecule has 3 heterocycles. The average Bonchev–Trinajstić information content (AvgIpc) is 3.14. The van der Waals surface area contributed by atoms with Crippen molar-refractivity contribution in [1.82, 2.24) is 25.0 Å². The van der Waals surface area contributed by atoms with Crippen molar-refractivity contribution in [2.75, 3.05) is 0 Å². The van der Waals surface area contributed by atoms with E-state index in [0.717, 1.165) is 10.6 Å². The highest BCUT2D eigenvalue weighted by Gasteiger charge is 2.24. The molecule has 3 aromatic rings. The highest BCUT2D eigenvalue weighted by Crippen LogP contribution is 2.30. The largest absolute Gasteiger partial charge is 0.369 e. The molecular formula is C16H20N6OS. The monoisotopic (exact) mass is 344 g/mol. The zero-order chi connectivity index (χ0) is 17.5. The molecule has 0 radical (unpaired) electrons. The first kappa shape index (κ1) is 16.4. The van der Waals surface area contributed by atoms with Crippen LogP contribution in [0.4, 0.5) is 0 Å². The van der Waals surface area contributed by atoms with Crippen LogP contribution in [0.15, 0.2) is 18.2 Å². The predicted octanol–water partition coefficient (Wildman–Crippen LogP) is 2.49. The van der Waals surface area contributed by atoms with E-state index in [-0.39, 0.29) is 12.0 Å². The number of nitrogens with two attached hydrogens (primary N) is 1. The van der Waals surface area contributed by atoms with Gasteiger partial charge in [-0.25, -0.2) is 9.67 Å². The molecule has 0 spiro atoms. The van der Waals surface area contributed by atoms with E-state index in [0.29, 0.717) is 17.3 Å². The van der Waals surface area contributed by atoms with Crippen LogP contribution in [-0.4, -0.2) is 30.9 Å². The number of nitrogens with one attached hydrogen (secondary N) is 1. The van der Waals surface area contributed by atoms with Crippen LogP contribution in [0.2, 0.25) is 0 Å². The van der Waals surface area contributed by atoms with Crippen molar-refractivity contribution in [2.45, 2.75) is 39.7 Å². The topological polar surface area (TPSA) is 102 Å². The number of hydrogen-bond donors (Lipinski definition) is 2. The molecule has 0 aliphatic rings. The Labute approximate surface area is 143 Å². The fourth-order valence-electron chi connectivity index (χ4n) is 2.36. The fourth-order valence-corrected chi connectivity index (χ4v) is 3.19. The number of carbonyl (C=O) groups excluding carboxylic acids is 1. The molecule has 0 aliphatic heterocycles. The SMILES string of the molecule is Cc1ccc(-c2cc(-c3nc(CC(N)=O)nn3C(C)(C)C)n[nH]2)s1. The number of primary amides is 1. The smallest absolute Gasteiger partial charge is 0.225 e. The lowest BCUT2D eigenvalue weighted by molar-refractivity contribution is -0.117. The molecule has 1 amide bonds. The Balaban J connectivity index is 2.03. The summed E-state index contributed by atoms with van der Waals surface area (Å²) in [5.41, 5.74) is 6.59. The minimum Gasteiger partial charge on any atom is -0.369 e. The van der Waals surface area contributed by atoms with E-state index in [2.05, 4.69) is 39.3 Å². The number of H-pyrrole nitrogens is 1. The second-order valence-corrected chi connectivity index (χ2v) is 7.94.